The summed E-state index contributed by atoms with van der Waals surface area (Å²) < 4.78 is 2.10. The van der Waals surface area contributed by atoms with Gasteiger partial charge in [0.15, 0.2) is 11.3 Å². The smallest absolute Gasteiger partial charge is 0.354 e. The maximum absolute atomic E-state index is 12.6. The molecule has 3 rings (SSSR count). The van der Waals surface area contributed by atoms with E-state index in [1.807, 2.05) is 0 Å². The molecule has 24 heavy (non-hydrogen) atoms. The van der Waals surface area contributed by atoms with Crippen LogP contribution in [0, 0.1) is 0 Å². The van der Waals surface area contributed by atoms with Crippen LogP contribution >= 0.6 is 11.6 Å². The van der Waals surface area contributed by atoms with Crippen molar-refractivity contribution in [3.05, 3.63) is 79.6 Å². The van der Waals surface area contributed by atoms with Crippen LogP contribution in [0.25, 0.3) is 5.52 Å². The largest absolute Gasteiger partial charge is 0.503 e. The predicted molar refractivity (Wildman–Crippen MR) is 87.1 cm³/mol. The van der Waals surface area contributed by atoms with E-state index < -0.39 is 22.7 Å². The second kappa shape index (κ2) is 5.86. The van der Waals surface area contributed by atoms with Gasteiger partial charge in [0.1, 0.15) is 5.69 Å². The quantitative estimate of drug-likeness (QED) is 0.749. The molecular formula is C16H11ClN2O5. The molecule has 122 valence electrons. The molecule has 0 aliphatic rings. The first-order chi connectivity index (χ1) is 11.4. The number of carboxylic acid groups (broad SMARTS) is 1. The fourth-order valence-electron chi connectivity index (χ4n) is 2.44. The molecule has 0 aliphatic carbocycles. The van der Waals surface area contributed by atoms with Crippen molar-refractivity contribution in [3.63, 3.8) is 0 Å². The van der Waals surface area contributed by atoms with Gasteiger partial charge in [-0.25, -0.2) is 4.79 Å². The van der Waals surface area contributed by atoms with Crippen LogP contribution in [0.3, 0.4) is 0 Å². The first-order valence-corrected chi connectivity index (χ1v) is 7.22. The third-order valence-electron chi connectivity index (χ3n) is 3.54. The number of hydrogen-bond donors (Lipinski definition) is 2. The molecule has 2 aromatic heterocycles. The van der Waals surface area contributed by atoms with E-state index in [1.54, 1.807) is 24.3 Å². The molecule has 0 spiro atoms. The van der Waals surface area contributed by atoms with E-state index in [9.17, 15) is 24.6 Å². The Morgan fingerprint density at radius 1 is 1.21 bits per heavy atom. The number of nitrogens with zero attached hydrogens (tertiary/aromatic N) is 2. The highest BCUT2D eigenvalue weighted by Crippen LogP contribution is 2.14. The summed E-state index contributed by atoms with van der Waals surface area (Å²) in [5.41, 5.74) is -1.42. The van der Waals surface area contributed by atoms with Gasteiger partial charge in [0.05, 0.1) is 6.54 Å². The van der Waals surface area contributed by atoms with Crippen LogP contribution in [0.5, 0.6) is 5.75 Å². The zero-order valence-corrected chi connectivity index (χ0v) is 12.9. The van der Waals surface area contributed by atoms with Crippen LogP contribution in [0.15, 0.2) is 52.3 Å². The number of pyridine rings is 1. The van der Waals surface area contributed by atoms with Gasteiger partial charge in [-0.2, -0.15) is 0 Å². The number of halogens is 1. The number of aromatic carboxylic acids is 1. The normalized spacial score (nSPS) is 10.9. The molecule has 0 radical (unpaired) electrons. The van der Waals surface area contributed by atoms with Crippen LogP contribution in [-0.4, -0.2) is 25.2 Å². The lowest BCUT2D eigenvalue weighted by molar-refractivity contribution is 0.0687. The average molecular weight is 347 g/mol. The highest BCUT2D eigenvalue weighted by atomic mass is 35.5. The molecule has 2 heterocycles. The van der Waals surface area contributed by atoms with Crippen molar-refractivity contribution in [2.24, 2.45) is 0 Å². The van der Waals surface area contributed by atoms with Crippen molar-refractivity contribution in [1.29, 1.82) is 0 Å². The Morgan fingerprint density at radius 3 is 2.62 bits per heavy atom. The van der Waals surface area contributed by atoms with Crippen molar-refractivity contribution in [2.45, 2.75) is 6.54 Å². The van der Waals surface area contributed by atoms with Crippen molar-refractivity contribution < 1.29 is 15.0 Å². The first-order valence-electron chi connectivity index (χ1n) is 6.84. The van der Waals surface area contributed by atoms with Crippen molar-refractivity contribution in [3.8, 4) is 5.75 Å². The Hall–Kier alpha value is -3.06. The number of benzene rings is 1. The SMILES string of the molecule is O=C(O)c1cn(Cc2cccc(Cl)c2)c(=O)c2c(O)c(=O)ccn12. The number of carbonyl (C=O) groups is 1. The summed E-state index contributed by atoms with van der Waals surface area (Å²) in [6.45, 7) is 0.0404. The Bertz CT molecular complexity index is 1080. The molecule has 0 fully saturated rings. The van der Waals surface area contributed by atoms with Gasteiger partial charge in [-0.05, 0) is 17.7 Å². The molecule has 0 saturated heterocycles. The summed E-state index contributed by atoms with van der Waals surface area (Å²) in [5.74, 6) is -2.09. The van der Waals surface area contributed by atoms with E-state index in [4.69, 9.17) is 11.6 Å². The maximum Gasteiger partial charge on any atom is 0.354 e. The van der Waals surface area contributed by atoms with Crippen LogP contribution in [0.4, 0.5) is 0 Å². The van der Waals surface area contributed by atoms with E-state index in [-0.39, 0.29) is 17.8 Å². The van der Waals surface area contributed by atoms with E-state index in [2.05, 4.69) is 0 Å². The van der Waals surface area contributed by atoms with Gasteiger partial charge in [0.25, 0.3) is 5.56 Å². The minimum Gasteiger partial charge on any atom is -0.503 e. The van der Waals surface area contributed by atoms with Gasteiger partial charge < -0.3 is 19.2 Å². The van der Waals surface area contributed by atoms with Crippen LogP contribution in [-0.2, 0) is 6.54 Å². The topological polar surface area (TPSA) is 101 Å². The molecule has 8 heteroatoms. The van der Waals surface area contributed by atoms with Crippen LogP contribution in [0.2, 0.25) is 5.02 Å². The minimum atomic E-state index is -1.30. The lowest BCUT2D eigenvalue weighted by Crippen LogP contribution is -2.27. The lowest BCUT2D eigenvalue weighted by atomic mass is 10.2. The summed E-state index contributed by atoms with van der Waals surface area (Å²) in [7, 11) is 0. The molecular weight excluding hydrogens is 336 g/mol. The summed E-state index contributed by atoms with van der Waals surface area (Å²) in [6.07, 6.45) is 2.30. The Balaban J connectivity index is 2.31. The maximum atomic E-state index is 12.6. The van der Waals surface area contributed by atoms with E-state index in [0.717, 1.165) is 27.4 Å². The highest BCUT2D eigenvalue weighted by molar-refractivity contribution is 6.30. The Kier molecular flexibility index (Phi) is 3.86. The van der Waals surface area contributed by atoms with Gasteiger partial charge in [-0.15, -0.1) is 0 Å². The van der Waals surface area contributed by atoms with Crippen LogP contribution < -0.4 is 11.0 Å². The Labute approximate surface area is 139 Å². The molecule has 3 aromatic rings. The summed E-state index contributed by atoms with van der Waals surface area (Å²) in [6, 6.07) is 7.72. The Morgan fingerprint density at radius 2 is 1.96 bits per heavy atom. The van der Waals surface area contributed by atoms with Gasteiger partial charge in [-0.3, -0.25) is 9.59 Å². The fourth-order valence-corrected chi connectivity index (χ4v) is 2.66. The molecule has 0 amide bonds. The molecule has 0 bridgehead atoms. The molecule has 0 saturated carbocycles. The first kappa shape index (κ1) is 15.8. The predicted octanol–water partition coefficient (Wildman–Crippen LogP) is 1.57. The molecule has 2 N–H and O–H groups in total. The summed E-state index contributed by atoms with van der Waals surface area (Å²) in [4.78, 5) is 35.7. The number of fused-ring (bicyclic) bond motifs is 1. The number of hydrogen-bond acceptors (Lipinski definition) is 4. The van der Waals surface area contributed by atoms with E-state index >= 15 is 0 Å². The lowest BCUT2D eigenvalue weighted by Gasteiger charge is -2.12. The number of rotatable bonds is 3. The van der Waals surface area contributed by atoms with Crippen LogP contribution in [0.1, 0.15) is 16.1 Å². The third-order valence-corrected chi connectivity index (χ3v) is 3.77. The molecule has 7 nitrogen and oxygen atoms in total. The molecule has 0 aliphatic heterocycles. The van der Waals surface area contributed by atoms with Crippen molar-refractivity contribution in [2.75, 3.05) is 0 Å². The summed E-state index contributed by atoms with van der Waals surface area (Å²) in [5, 5.41) is 19.7. The van der Waals surface area contributed by atoms with Gasteiger partial charge >= 0.3 is 5.97 Å². The third kappa shape index (κ3) is 2.65. The van der Waals surface area contributed by atoms with Gasteiger partial charge in [0, 0.05) is 23.5 Å². The standard InChI is InChI=1S/C16H11ClN2O5/c17-10-3-1-2-9(6-10)7-18-8-11(16(23)24)19-5-4-12(20)14(21)13(19)15(18)22/h1-6,8,21H,7H2,(H,23,24). The number of aromatic nitrogens is 2. The van der Waals surface area contributed by atoms with E-state index in [1.165, 1.54) is 0 Å². The van der Waals surface area contributed by atoms with Crippen molar-refractivity contribution >= 4 is 23.1 Å². The molecule has 0 unspecified atom stereocenters. The number of aromatic hydroxyl groups is 1. The molecule has 1 aromatic carbocycles. The fraction of sp³-hybridized carbons (Fsp3) is 0.0625. The monoisotopic (exact) mass is 346 g/mol. The number of carboxylic acids is 1. The van der Waals surface area contributed by atoms with E-state index in [0.29, 0.717) is 10.6 Å². The highest BCUT2D eigenvalue weighted by Gasteiger charge is 2.17. The second-order valence-corrected chi connectivity index (χ2v) is 5.57. The van der Waals surface area contributed by atoms with Crippen molar-refractivity contribution in [1.82, 2.24) is 8.97 Å². The van der Waals surface area contributed by atoms with Gasteiger partial charge in [-0.1, -0.05) is 23.7 Å². The zero-order valence-electron chi connectivity index (χ0n) is 12.1. The average Bonchev–Trinajstić information content (AvgIpc) is 2.53. The molecule has 0 atom stereocenters. The zero-order chi connectivity index (χ0) is 17.4. The summed E-state index contributed by atoms with van der Waals surface area (Å²) >= 11 is 5.91. The minimum absolute atomic E-state index is 0.0404. The second-order valence-electron chi connectivity index (χ2n) is 5.13. The van der Waals surface area contributed by atoms with Gasteiger partial charge in [0.2, 0.25) is 5.43 Å².